The molecule has 1 aliphatic rings. The predicted octanol–water partition coefficient (Wildman–Crippen LogP) is 2.36. The van der Waals surface area contributed by atoms with E-state index in [1.165, 1.54) is 0 Å². The number of hydrogen-bond acceptors (Lipinski definition) is 5. The minimum Gasteiger partial charge on any atom is -0.486 e. The summed E-state index contributed by atoms with van der Waals surface area (Å²) >= 11 is 0. The molecule has 0 saturated heterocycles. The number of anilines is 1. The van der Waals surface area contributed by atoms with Crippen molar-refractivity contribution in [1.82, 2.24) is 5.32 Å². The average molecular weight is 419 g/mol. The van der Waals surface area contributed by atoms with Crippen molar-refractivity contribution in [1.29, 1.82) is 0 Å². The Kier molecular flexibility index (Phi) is 6.02. The SMILES string of the molecule is CC(C)(Cc1ccccc1)NC(=O)CN(c1ccc2c(c1)OCCO2)S(C)(=O)=O. The van der Waals surface area contributed by atoms with Crippen molar-refractivity contribution in [3.8, 4) is 11.5 Å². The van der Waals surface area contributed by atoms with Gasteiger partial charge in [-0.15, -0.1) is 0 Å². The fourth-order valence-corrected chi connectivity index (χ4v) is 4.13. The maximum atomic E-state index is 12.7. The van der Waals surface area contributed by atoms with Gasteiger partial charge in [0.1, 0.15) is 19.8 Å². The van der Waals surface area contributed by atoms with Crippen LogP contribution in [0.2, 0.25) is 0 Å². The van der Waals surface area contributed by atoms with Crippen molar-refractivity contribution in [3.05, 3.63) is 54.1 Å². The van der Waals surface area contributed by atoms with Gasteiger partial charge in [0, 0.05) is 11.6 Å². The third-order valence-electron chi connectivity index (χ3n) is 4.47. The van der Waals surface area contributed by atoms with Crippen molar-refractivity contribution >= 4 is 21.6 Å². The zero-order valence-corrected chi connectivity index (χ0v) is 17.7. The number of sulfonamides is 1. The van der Waals surface area contributed by atoms with E-state index in [9.17, 15) is 13.2 Å². The molecule has 29 heavy (non-hydrogen) atoms. The van der Waals surface area contributed by atoms with Gasteiger partial charge in [-0.2, -0.15) is 0 Å². The van der Waals surface area contributed by atoms with Crippen LogP contribution in [0.3, 0.4) is 0 Å². The molecule has 3 rings (SSSR count). The predicted molar refractivity (Wildman–Crippen MR) is 112 cm³/mol. The van der Waals surface area contributed by atoms with Crippen LogP contribution >= 0.6 is 0 Å². The van der Waals surface area contributed by atoms with Gasteiger partial charge >= 0.3 is 0 Å². The number of carbonyl (C=O) groups excluding carboxylic acids is 1. The van der Waals surface area contributed by atoms with Crippen molar-refractivity contribution in [2.45, 2.75) is 25.8 Å². The van der Waals surface area contributed by atoms with Gasteiger partial charge in [0.2, 0.25) is 15.9 Å². The summed E-state index contributed by atoms with van der Waals surface area (Å²) in [4.78, 5) is 12.7. The number of carbonyl (C=O) groups is 1. The Hall–Kier alpha value is -2.74. The lowest BCUT2D eigenvalue weighted by molar-refractivity contribution is -0.121. The second kappa shape index (κ2) is 8.32. The highest BCUT2D eigenvalue weighted by Crippen LogP contribution is 2.34. The molecule has 0 atom stereocenters. The van der Waals surface area contributed by atoms with E-state index >= 15 is 0 Å². The van der Waals surface area contributed by atoms with E-state index < -0.39 is 15.6 Å². The summed E-state index contributed by atoms with van der Waals surface area (Å²) in [6, 6.07) is 14.7. The molecule has 156 valence electrons. The Labute approximate surface area is 171 Å². The number of fused-ring (bicyclic) bond motifs is 1. The summed E-state index contributed by atoms with van der Waals surface area (Å²) in [7, 11) is -3.68. The summed E-state index contributed by atoms with van der Waals surface area (Å²) in [6.45, 7) is 4.33. The fraction of sp³-hybridized carbons (Fsp3) is 0.381. The van der Waals surface area contributed by atoms with Crippen LogP contribution in [-0.4, -0.2) is 45.9 Å². The van der Waals surface area contributed by atoms with Crippen molar-refractivity contribution in [2.75, 3.05) is 30.3 Å². The van der Waals surface area contributed by atoms with Crippen LogP contribution in [-0.2, 0) is 21.2 Å². The molecule has 2 aromatic rings. The molecular formula is C21H26N2O5S. The normalized spacial score (nSPS) is 13.6. The monoisotopic (exact) mass is 418 g/mol. The van der Waals surface area contributed by atoms with Crippen LogP contribution in [0.25, 0.3) is 0 Å². The van der Waals surface area contributed by atoms with Crippen molar-refractivity contribution in [2.24, 2.45) is 0 Å². The second-order valence-electron chi connectivity index (χ2n) is 7.69. The maximum Gasteiger partial charge on any atom is 0.241 e. The highest BCUT2D eigenvalue weighted by Gasteiger charge is 2.26. The quantitative estimate of drug-likeness (QED) is 0.746. The lowest BCUT2D eigenvalue weighted by Crippen LogP contribution is -2.50. The molecule has 0 aliphatic carbocycles. The topological polar surface area (TPSA) is 84.9 Å². The minimum atomic E-state index is -3.68. The molecule has 0 spiro atoms. The molecule has 1 aliphatic heterocycles. The zero-order valence-electron chi connectivity index (χ0n) is 16.8. The Morgan fingerprint density at radius 1 is 1.07 bits per heavy atom. The molecule has 8 heteroatoms. The zero-order chi connectivity index (χ0) is 21.1. The molecule has 0 unspecified atom stereocenters. The lowest BCUT2D eigenvalue weighted by Gasteiger charge is -2.29. The molecule has 1 N–H and O–H groups in total. The Bertz CT molecular complexity index is 974. The molecule has 0 aromatic heterocycles. The van der Waals surface area contributed by atoms with Gasteiger partial charge in [-0.1, -0.05) is 30.3 Å². The molecule has 1 amide bonds. The van der Waals surface area contributed by atoms with E-state index in [2.05, 4.69) is 5.32 Å². The molecule has 2 aromatic carbocycles. The second-order valence-corrected chi connectivity index (χ2v) is 9.60. The molecule has 0 bridgehead atoms. The Morgan fingerprint density at radius 3 is 2.38 bits per heavy atom. The minimum absolute atomic E-state index is 0.323. The number of benzene rings is 2. The third-order valence-corrected chi connectivity index (χ3v) is 5.61. The van der Waals surface area contributed by atoms with Crippen LogP contribution in [0.15, 0.2) is 48.5 Å². The molecule has 0 fully saturated rings. The van der Waals surface area contributed by atoms with Gasteiger partial charge in [0.15, 0.2) is 11.5 Å². The first kappa shape index (κ1) is 21.0. The van der Waals surface area contributed by atoms with Gasteiger partial charge < -0.3 is 14.8 Å². The summed E-state index contributed by atoms with van der Waals surface area (Å²) < 4.78 is 36.8. The first-order valence-corrected chi connectivity index (χ1v) is 11.2. The van der Waals surface area contributed by atoms with Crippen LogP contribution in [0.4, 0.5) is 5.69 Å². The van der Waals surface area contributed by atoms with Crippen LogP contribution in [0.1, 0.15) is 19.4 Å². The summed E-state index contributed by atoms with van der Waals surface area (Å²) in [6.07, 6.45) is 1.70. The van der Waals surface area contributed by atoms with Crippen LogP contribution in [0, 0.1) is 0 Å². The van der Waals surface area contributed by atoms with E-state index in [1.54, 1.807) is 18.2 Å². The van der Waals surface area contributed by atoms with Gasteiger partial charge in [0.05, 0.1) is 11.9 Å². The Morgan fingerprint density at radius 2 is 1.72 bits per heavy atom. The number of nitrogens with one attached hydrogen (secondary N) is 1. The lowest BCUT2D eigenvalue weighted by atomic mass is 9.95. The molecule has 1 heterocycles. The highest BCUT2D eigenvalue weighted by molar-refractivity contribution is 7.92. The molecular weight excluding hydrogens is 392 g/mol. The molecule has 7 nitrogen and oxygen atoms in total. The van der Waals surface area contributed by atoms with E-state index in [0.717, 1.165) is 16.1 Å². The summed E-state index contributed by atoms with van der Waals surface area (Å²) in [5.41, 5.74) is 0.909. The van der Waals surface area contributed by atoms with Gasteiger partial charge in [0.25, 0.3) is 0 Å². The number of hydrogen-bond donors (Lipinski definition) is 1. The molecule has 0 radical (unpaired) electrons. The van der Waals surface area contributed by atoms with E-state index in [0.29, 0.717) is 36.8 Å². The molecule has 0 saturated carbocycles. The van der Waals surface area contributed by atoms with Crippen LogP contribution in [0.5, 0.6) is 11.5 Å². The first-order valence-electron chi connectivity index (χ1n) is 9.36. The van der Waals surface area contributed by atoms with Gasteiger partial charge in [-0.25, -0.2) is 8.42 Å². The number of ether oxygens (including phenoxy) is 2. The van der Waals surface area contributed by atoms with E-state index in [-0.39, 0.29) is 12.5 Å². The van der Waals surface area contributed by atoms with E-state index in [1.807, 2.05) is 44.2 Å². The smallest absolute Gasteiger partial charge is 0.241 e. The fourth-order valence-electron chi connectivity index (χ4n) is 3.28. The van der Waals surface area contributed by atoms with E-state index in [4.69, 9.17) is 9.47 Å². The van der Waals surface area contributed by atoms with Crippen molar-refractivity contribution in [3.63, 3.8) is 0 Å². The van der Waals surface area contributed by atoms with Gasteiger partial charge in [-0.05, 0) is 38.0 Å². The Balaban J connectivity index is 1.74. The number of nitrogens with zero attached hydrogens (tertiary/aromatic N) is 1. The van der Waals surface area contributed by atoms with Gasteiger partial charge in [-0.3, -0.25) is 9.10 Å². The summed E-state index contributed by atoms with van der Waals surface area (Å²) in [5.74, 6) is 0.639. The number of amides is 1. The standard InChI is InChI=1S/C21H26N2O5S/c1-21(2,14-16-7-5-4-6-8-16)22-20(24)15-23(29(3,25)26)17-9-10-18-19(13-17)28-12-11-27-18/h4-10,13H,11-12,14-15H2,1-3H3,(H,22,24). The first-order chi connectivity index (χ1) is 13.6. The third kappa shape index (κ3) is 5.63. The summed E-state index contributed by atoms with van der Waals surface area (Å²) in [5, 5.41) is 2.94. The average Bonchev–Trinajstić information content (AvgIpc) is 2.65. The number of rotatable bonds is 7. The largest absolute Gasteiger partial charge is 0.486 e. The van der Waals surface area contributed by atoms with Crippen LogP contribution < -0.4 is 19.1 Å². The maximum absolute atomic E-state index is 12.7. The highest BCUT2D eigenvalue weighted by atomic mass is 32.2. The van der Waals surface area contributed by atoms with Crippen molar-refractivity contribution < 1.29 is 22.7 Å².